The summed E-state index contributed by atoms with van der Waals surface area (Å²) in [4.78, 5) is 35.3. The summed E-state index contributed by atoms with van der Waals surface area (Å²) in [6.45, 7) is 1.90. The number of aryl methyl sites for hydroxylation is 1. The fourth-order valence-corrected chi connectivity index (χ4v) is 3.76. The van der Waals surface area contributed by atoms with Crippen LogP contribution in [-0.2, 0) is 9.59 Å². The Balaban J connectivity index is 1.82. The van der Waals surface area contributed by atoms with Gasteiger partial charge < -0.3 is 15.3 Å². The van der Waals surface area contributed by atoms with Crippen molar-refractivity contribution in [2.45, 2.75) is 13.3 Å². The number of aromatic nitrogens is 2. The molecule has 2 heterocycles. The van der Waals surface area contributed by atoms with Crippen LogP contribution in [0.15, 0.2) is 36.4 Å². The van der Waals surface area contributed by atoms with Gasteiger partial charge in [-0.2, -0.15) is 0 Å². The topological polar surface area (TPSA) is 95.4 Å². The Labute approximate surface area is 160 Å². The molecule has 0 aliphatic carbocycles. The number of fused-ring (bicyclic) bond motifs is 1. The summed E-state index contributed by atoms with van der Waals surface area (Å²) in [5.41, 5.74) is 1.12. The minimum Gasteiger partial charge on any atom is -0.480 e. The van der Waals surface area contributed by atoms with Crippen molar-refractivity contribution in [3.05, 3.63) is 42.2 Å². The highest BCUT2D eigenvalue weighted by atomic mass is 32.1. The van der Waals surface area contributed by atoms with Gasteiger partial charge in [0.1, 0.15) is 23.0 Å². The summed E-state index contributed by atoms with van der Waals surface area (Å²) in [5.74, 6) is 0.0706. The van der Waals surface area contributed by atoms with Gasteiger partial charge >= 0.3 is 5.97 Å². The summed E-state index contributed by atoms with van der Waals surface area (Å²) >= 11 is 1.61. The Morgan fingerprint density at radius 3 is 2.67 bits per heavy atom. The van der Waals surface area contributed by atoms with E-state index in [1.807, 2.05) is 37.1 Å². The molecule has 7 nitrogen and oxygen atoms in total. The van der Waals surface area contributed by atoms with Crippen molar-refractivity contribution in [2.75, 3.05) is 25.0 Å². The third kappa shape index (κ3) is 4.59. The van der Waals surface area contributed by atoms with E-state index in [-0.39, 0.29) is 18.9 Å². The zero-order valence-corrected chi connectivity index (χ0v) is 15.9. The van der Waals surface area contributed by atoms with Crippen molar-refractivity contribution in [3.8, 4) is 10.4 Å². The van der Waals surface area contributed by atoms with Crippen molar-refractivity contribution in [1.29, 1.82) is 0 Å². The van der Waals surface area contributed by atoms with Gasteiger partial charge in [-0.15, -0.1) is 11.3 Å². The predicted octanol–water partition coefficient (Wildman–Crippen LogP) is 2.69. The molecular formula is C19H20N4O3S. The average molecular weight is 384 g/mol. The number of carboxylic acid groups (broad SMARTS) is 1. The molecule has 0 spiro atoms. The number of rotatable bonds is 7. The number of benzene rings is 1. The third-order valence-electron chi connectivity index (χ3n) is 4.02. The van der Waals surface area contributed by atoms with Crippen molar-refractivity contribution < 1.29 is 14.7 Å². The van der Waals surface area contributed by atoms with Crippen molar-refractivity contribution in [2.24, 2.45) is 0 Å². The zero-order valence-electron chi connectivity index (χ0n) is 15.1. The first-order valence-corrected chi connectivity index (χ1v) is 9.29. The van der Waals surface area contributed by atoms with E-state index >= 15 is 0 Å². The maximum Gasteiger partial charge on any atom is 0.322 e. The van der Waals surface area contributed by atoms with Gasteiger partial charge in [0, 0.05) is 24.9 Å². The van der Waals surface area contributed by atoms with E-state index in [4.69, 9.17) is 5.11 Å². The molecule has 0 atom stereocenters. The number of anilines is 1. The molecule has 27 heavy (non-hydrogen) atoms. The molecule has 0 saturated carbocycles. The number of carboxylic acids is 1. The van der Waals surface area contributed by atoms with Crippen LogP contribution in [0, 0.1) is 6.92 Å². The highest BCUT2D eigenvalue weighted by Gasteiger charge is 2.15. The lowest BCUT2D eigenvalue weighted by molar-refractivity contribution is -0.137. The molecule has 0 aliphatic rings. The molecule has 3 aromatic rings. The molecular weight excluding hydrogens is 364 g/mol. The molecule has 0 aliphatic heterocycles. The molecule has 140 valence electrons. The van der Waals surface area contributed by atoms with Crippen LogP contribution in [0.1, 0.15) is 12.2 Å². The van der Waals surface area contributed by atoms with E-state index in [2.05, 4.69) is 33.5 Å². The maximum absolute atomic E-state index is 11.8. The van der Waals surface area contributed by atoms with Crippen LogP contribution in [0.3, 0.4) is 0 Å². The minimum atomic E-state index is -1.06. The SMILES string of the molecule is Cc1nc(N(C)CCC(=O)NCC(=O)O)c2cc(-c3ccccc3)sc2n1. The molecule has 0 unspecified atom stereocenters. The number of carbonyl (C=O) groups is 2. The Morgan fingerprint density at radius 1 is 1.22 bits per heavy atom. The van der Waals surface area contributed by atoms with Crippen molar-refractivity contribution in [3.63, 3.8) is 0 Å². The quantitative estimate of drug-likeness (QED) is 0.650. The highest BCUT2D eigenvalue weighted by Crippen LogP contribution is 2.36. The predicted molar refractivity (Wildman–Crippen MR) is 106 cm³/mol. The molecule has 0 radical (unpaired) electrons. The van der Waals surface area contributed by atoms with Gasteiger partial charge in [-0.3, -0.25) is 9.59 Å². The first-order chi connectivity index (χ1) is 12.9. The number of hydrogen-bond donors (Lipinski definition) is 2. The molecule has 2 N–H and O–H groups in total. The largest absolute Gasteiger partial charge is 0.480 e. The second kappa shape index (κ2) is 8.13. The van der Waals surface area contributed by atoms with Crippen molar-refractivity contribution in [1.82, 2.24) is 15.3 Å². The number of thiophene rings is 1. The number of nitrogens with one attached hydrogen (secondary N) is 1. The fraction of sp³-hybridized carbons (Fsp3) is 0.263. The van der Waals surface area contributed by atoms with E-state index in [9.17, 15) is 9.59 Å². The number of aliphatic carboxylic acids is 1. The Kier molecular flexibility index (Phi) is 5.66. The first kappa shape index (κ1) is 18.8. The summed E-state index contributed by atoms with van der Waals surface area (Å²) in [7, 11) is 1.87. The minimum absolute atomic E-state index is 0.185. The summed E-state index contributed by atoms with van der Waals surface area (Å²) < 4.78 is 0. The molecule has 1 amide bonds. The molecule has 0 bridgehead atoms. The standard InChI is InChI=1S/C19H20N4O3S/c1-12-21-18(23(2)9-8-16(24)20-11-17(25)26)14-10-15(27-19(14)22-12)13-6-4-3-5-7-13/h3-7,10H,8-9,11H2,1-2H3,(H,20,24)(H,25,26). The monoisotopic (exact) mass is 384 g/mol. The molecule has 8 heteroatoms. The summed E-state index contributed by atoms with van der Waals surface area (Å²) in [6, 6.07) is 12.2. The smallest absolute Gasteiger partial charge is 0.322 e. The average Bonchev–Trinajstić information content (AvgIpc) is 3.08. The normalized spacial score (nSPS) is 10.7. The van der Waals surface area contributed by atoms with Gasteiger partial charge in [-0.05, 0) is 18.6 Å². The van der Waals surface area contributed by atoms with E-state index in [0.717, 1.165) is 26.5 Å². The number of amides is 1. The lowest BCUT2D eigenvalue weighted by atomic mass is 10.2. The van der Waals surface area contributed by atoms with Gasteiger partial charge in [0.25, 0.3) is 0 Å². The number of carbonyl (C=O) groups excluding carboxylic acids is 1. The van der Waals surface area contributed by atoms with E-state index in [0.29, 0.717) is 12.4 Å². The Morgan fingerprint density at radius 2 is 1.96 bits per heavy atom. The van der Waals surface area contributed by atoms with Crippen molar-refractivity contribution >= 4 is 39.2 Å². The van der Waals surface area contributed by atoms with E-state index in [1.165, 1.54) is 0 Å². The van der Waals surface area contributed by atoms with Gasteiger partial charge in [0.05, 0.1) is 5.39 Å². The van der Waals surface area contributed by atoms with Crippen LogP contribution in [-0.4, -0.2) is 47.1 Å². The summed E-state index contributed by atoms with van der Waals surface area (Å²) in [6.07, 6.45) is 0.185. The molecule has 1 aromatic carbocycles. The first-order valence-electron chi connectivity index (χ1n) is 8.47. The van der Waals surface area contributed by atoms with Crippen LogP contribution in [0.25, 0.3) is 20.7 Å². The third-order valence-corrected chi connectivity index (χ3v) is 5.09. The number of hydrogen-bond acceptors (Lipinski definition) is 6. The van der Waals surface area contributed by atoms with Gasteiger partial charge in [-0.25, -0.2) is 9.97 Å². The van der Waals surface area contributed by atoms with Crippen LogP contribution in [0.5, 0.6) is 0 Å². The molecule has 2 aromatic heterocycles. The number of nitrogens with zero attached hydrogens (tertiary/aromatic N) is 3. The van der Waals surface area contributed by atoms with Gasteiger partial charge in [-0.1, -0.05) is 30.3 Å². The Bertz CT molecular complexity index is 972. The maximum atomic E-state index is 11.8. The lowest BCUT2D eigenvalue weighted by Gasteiger charge is -2.19. The van der Waals surface area contributed by atoms with Crippen LogP contribution < -0.4 is 10.2 Å². The Hall–Kier alpha value is -3.00. The molecule has 0 fully saturated rings. The summed E-state index contributed by atoms with van der Waals surface area (Å²) in [5, 5.41) is 11.9. The lowest BCUT2D eigenvalue weighted by Crippen LogP contribution is -2.32. The second-order valence-corrected chi connectivity index (χ2v) is 7.16. The van der Waals surface area contributed by atoms with Gasteiger partial charge in [0.2, 0.25) is 5.91 Å². The zero-order chi connectivity index (χ0) is 19.4. The van der Waals surface area contributed by atoms with E-state index < -0.39 is 5.97 Å². The van der Waals surface area contributed by atoms with E-state index in [1.54, 1.807) is 11.3 Å². The van der Waals surface area contributed by atoms with Gasteiger partial charge in [0.15, 0.2) is 0 Å². The fourth-order valence-electron chi connectivity index (χ4n) is 2.68. The van der Waals surface area contributed by atoms with Crippen LogP contribution >= 0.6 is 11.3 Å². The van der Waals surface area contributed by atoms with Crippen LogP contribution in [0.4, 0.5) is 5.82 Å². The molecule has 3 rings (SSSR count). The highest BCUT2D eigenvalue weighted by molar-refractivity contribution is 7.21. The molecule has 0 saturated heterocycles. The van der Waals surface area contributed by atoms with Crippen LogP contribution in [0.2, 0.25) is 0 Å². The second-order valence-electron chi connectivity index (χ2n) is 6.13.